The second-order valence-corrected chi connectivity index (χ2v) is 8.96. The molecule has 3 heterocycles. The van der Waals surface area contributed by atoms with Crippen LogP contribution < -0.4 is 5.56 Å². The van der Waals surface area contributed by atoms with Crippen LogP contribution in [0.2, 0.25) is 0 Å². The van der Waals surface area contributed by atoms with Crippen LogP contribution in [0, 0.1) is 0 Å². The lowest BCUT2D eigenvalue weighted by Gasteiger charge is -2.40. The van der Waals surface area contributed by atoms with Gasteiger partial charge in [-0.3, -0.25) is 9.59 Å². The third-order valence-corrected chi connectivity index (χ3v) is 6.80. The molecule has 0 N–H and O–H groups in total. The van der Waals surface area contributed by atoms with Gasteiger partial charge in [0.1, 0.15) is 6.54 Å². The topological polar surface area (TPSA) is 92.2 Å². The minimum Gasteiger partial charge on any atom is -0.373 e. The summed E-state index contributed by atoms with van der Waals surface area (Å²) >= 11 is 0. The molecule has 9 nitrogen and oxygen atoms in total. The molecule has 0 aliphatic carbocycles. The summed E-state index contributed by atoms with van der Waals surface area (Å²) in [5, 5.41) is 0. The molecule has 1 aromatic rings. The van der Waals surface area contributed by atoms with Crippen LogP contribution in [-0.2, 0) is 26.3 Å². The van der Waals surface area contributed by atoms with Gasteiger partial charge in [-0.05, 0) is 19.9 Å². The number of ether oxygens (including phenoxy) is 1. The maximum absolute atomic E-state index is 12.9. The fourth-order valence-electron chi connectivity index (χ4n) is 3.49. The molecule has 150 valence electrons. The van der Waals surface area contributed by atoms with Gasteiger partial charge in [0, 0.05) is 51.5 Å². The maximum Gasteiger partial charge on any atom is 0.282 e. The largest absolute Gasteiger partial charge is 0.373 e. The van der Waals surface area contributed by atoms with Gasteiger partial charge in [0.05, 0.1) is 12.2 Å². The molecule has 2 fully saturated rings. The molecule has 0 spiro atoms. The molecule has 0 aromatic carbocycles. The molecule has 2 saturated heterocycles. The summed E-state index contributed by atoms with van der Waals surface area (Å²) in [6, 6.07) is 4.73. The summed E-state index contributed by atoms with van der Waals surface area (Å²) in [6.45, 7) is 5.48. The van der Waals surface area contributed by atoms with Crippen molar-refractivity contribution < 1.29 is 17.9 Å². The van der Waals surface area contributed by atoms with Crippen molar-refractivity contribution in [3.05, 3.63) is 34.7 Å². The normalized spacial score (nSPS) is 25.5. The zero-order valence-corrected chi connectivity index (χ0v) is 16.5. The van der Waals surface area contributed by atoms with Gasteiger partial charge in [-0.2, -0.15) is 17.0 Å². The van der Waals surface area contributed by atoms with Crippen LogP contribution in [0.5, 0.6) is 0 Å². The SMILES string of the molecule is CC1CN(S(=O)(=O)N2CCN(C(=O)Cn3ccccc3=O)CC2)CC(C)O1. The molecule has 1 aromatic heterocycles. The predicted octanol–water partition coefficient (Wildman–Crippen LogP) is -0.653. The van der Waals surface area contributed by atoms with E-state index in [0.717, 1.165) is 0 Å². The Morgan fingerprint density at radius 2 is 1.70 bits per heavy atom. The first-order valence-electron chi connectivity index (χ1n) is 9.11. The number of pyridine rings is 1. The van der Waals surface area contributed by atoms with Crippen molar-refractivity contribution >= 4 is 16.1 Å². The molecule has 27 heavy (non-hydrogen) atoms. The molecule has 2 aliphatic rings. The molecule has 0 bridgehead atoms. The van der Waals surface area contributed by atoms with E-state index in [1.54, 1.807) is 23.2 Å². The van der Waals surface area contributed by atoms with Gasteiger partial charge < -0.3 is 14.2 Å². The molecule has 2 aliphatic heterocycles. The van der Waals surface area contributed by atoms with E-state index in [9.17, 15) is 18.0 Å². The Kier molecular flexibility index (Phi) is 5.99. The molecule has 3 rings (SSSR count). The highest BCUT2D eigenvalue weighted by Crippen LogP contribution is 2.19. The highest BCUT2D eigenvalue weighted by Gasteiger charge is 2.37. The zero-order chi connectivity index (χ0) is 19.6. The number of hydrogen-bond acceptors (Lipinski definition) is 5. The number of aromatic nitrogens is 1. The van der Waals surface area contributed by atoms with E-state index in [2.05, 4.69) is 0 Å². The third-order valence-electron chi connectivity index (χ3n) is 4.83. The fourth-order valence-corrected chi connectivity index (χ4v) is 5.24. The Labute approximate surface area is 159 Å². The highest BCUT2D eigenvalue weighted by molar-refractivity contribution is 7.86. The number of piperazine rings is 1. The third kappa shape index (κ3) is 4.57. The molecule has 2 atom stereocenters. The zero-order valence-electron chi connectivity index (χ0n) is 15.7. The van der Waals surface area contributed by atoms with Gasteiger partial charge in [-0.25, -0.2) is 0 Å². The summed E-state index contributed by atoms with van der Waals surface area (Å²) in [6.07, 6.45) is 1.29. The summed E-state index contributed by atoms with van der Waals surface area (Å²) in [7, 11) is -3.57. The van der Waals surface area contributed by atoms with Crippen LogP contribution in [0.3, 0.4) is 0 Å². The fraction of sp³-hybridized carbons (Fsp3) is 0.647. The van der Waals surface area contributed by atoms with E-state index in [1.165, 1.54) is 19.2 Å². The van der Waals surface area contributed by atoms with Gasteiger partial charge >= 0.3 is 0 Å². The summed E-state index contributed by atoms with van der Waals surface area (Å²) in [4.78, 5) is 25.8. The quantitative estimate of drug-likeness (QED) is 0.672. The van der Waals surface area contributed by atoms with Gasteiger partial charge in [0.25, 0.3) is 15.8 Å². The minimum absolute atomic E-state index is 0.0368. The van der Waals surface area contributed by atoms with Crippen LogP contribution in [-0.4, -0.2) is 83.9 Å². The van der Waals surface area contributed by atoms with Crippen LogP contribution in [0.4, 0.5) is 0 Å². The van der Waals surface area contributed by atoms with Gasteiger partial charge in [0.15, 0.2) is 0 Å². The lowest BCUT2D eigenvalue weighted by Crippen LogP contribution is -2.58. The van der Waals surface area contributed by atoms with Crippen molar-refractivity contribution in [2.45, 2.75) is 32.6 Å². The predicted molar refractivity (Wildman–Crippen MR) is 99.4 cm³/mol. The minimum atomic E-state index is -3.57. The van der Waals surface area contributed by atoms with E-state index in [0.29, 0.717) is 26.2 Å². The lowest BCUT2D eigenvalue weighted by atomic mass is 10.3. The average molecular weight is 398 g/mol. The molecule has 0 saturated carbocycles. The van der Waals surface area contributed by atoms with E-state index in [4.69, 9.17) is 4.74 Å². The first kappa shape index (κ1) is 20.0. The van der Waals surface area contributed by atoms with Crippen molar-refractivity contribution in [2.75, 3.05) is 39.3 Å². The second-order valence-electron chi connectivity index (χ2n) is 7.03. The number of carbonyl (C=O) groups excluding carboxylic acids is 1. The summed E-state index contributed by atoms with van der Waals surface area (Å²) in [5.41, 5.74) is -0.234. The summed E-state index contributed by atoms with van der Waals surface area (Å²) < 4.78 is 35.6. The van der Waals surface area contributed by atoms with Crippen molar-refractivity contribution in [1.82, 2.24) is 18.1 Å². The first-order valence-corrected chi connectivity index (χ1v) is 10.5. The average Bonchev–Trinajstić information content (AvgIpc) is 2.63. The Hall–Kier alpha value is -1.75. The van der Waals surface area contributed by atoms with Crippen molar-refractivity contribution in [3.8, 4) is 0 Å². The number of carbonyl (C=O) groups is 1. The van der Waals surface area contributed by atoms with Crippen LogP contribution in [0.15, 0.2) is 29.2 Å². The Morgan fingerprint density at radius 1 is 1.07 bits per heavy atom. The van der Waals surface area contributed by atoms with E-state index in [-0.39, 0.29) is 43.3 Å². The van der Waals surface area contributed by atoms with Gasteiger partial charge in [-0.1, -0.05) is 6.07 Å². The highest BCUT2D eigenvalue weighted by atomic mass is 32.2. The number of morpholine rings is 1. The standard InChI is InChI=1S/C17H26N4O5S/c1-14-11-21(12-15(2)26-14)27(24,25)20-9-7-18(8-10-20)17(23)13-19-6-4-3-5-16(19)22/h3-6,14-15H,7-13H2,1-2H3. The molecule has 10 heteroatoms. The first-order chi connectivity index (χ1) is 12.8. The van der Waals surface area contributed by atoms with Crippen molar-refractivity contribution in [3.63, 3.8) is 0 Å². The van der Waals surface area contributed by atoms with Crippen LogP contribution >= 0.6 is 0 Å². The second kappa shape index (κ2) is 8.09. The summed E-state index contributed by atoms with van der Waals surface area (Å²) in [5.74, 6) is -0.186. The number of amides is 1. The number of rotatable bonds is 4. The Balaban J connectivity index is 1.59. The molecule has 2 unspecified atom stereocenters. The van der Waals surface area contributed by atoms with E-state index >= 15 is 0 Å². The number of hydrogen-bond donors (Lipinski definition) is 0. The van der Waals surface area contributed by atoms with E-state index in [1.807, 2.05) is 13.8 Å². The molecular weight excluding hydrogens is 372 g/mol. The van der Waals surface area contributed by atoms with Gasteiger partial charge in [-0.15, -0.1) is 0 Å². The molecule has 0 radical (unpaired) electrons. The van der Waals surface area contributed by atoms with Crippen LogP contribution in [0.25, 0.3) is 0 Å². The monoisotopic (exact) mass is 398 g/mol. The Morgan fingerprint density at radius 3 is 2.30 bits per heavy atom. The smallest absolute Gasteiger partial charge is 0.282 e. The molecular formula is C17H26N4O5S. The lowest BCUT2D eigenvalue weighted by molar-refractivity contribution is -0.133. The maximum atomic E-state index is 12.9. The van der Waals surface area contributed by atoms with Gasteiger partial charge in [0.2, 0.25) is 5.91 Å². The Bertz CT molecular complexity index is 822. The number of nitrogens with zero attached hydrogens (tertiary/aromatic N) is 4. The van der Waals surface area contributed by atoms with E-state index < -0.39 is 10.2 Å². The van der Waals surface area contributed by atoms with Crippen LogP contribution in [0.1, 0.15) is 13.8 Å². The van der Waals surface area contributed by atoms with Crippen molar-refractivity contribution in [1.29, 1.82) is 0 Å². The molecule has 1 amide bonds. The van der Waals surface area contributed by atoms with Crippen molar-refractivity contribution in [2.24, 2.45) is 0 Å².